The summed E-state index contributed by atoms with van der Waals surface area (Å²) in [6.45, 7) is 0. The van der Waals surface area contributed by atoms with Crippen molar-refractivity contribution in [3.05, 3.63) is 26.6 Å². The Morgan fingerprint density at radius 2 is 1.56 bits per heavy atom. The van der Waals surface area contributed by atoms with Gasteiger partial charge in [-0.25, -0.2) is 0 Å². The summed E-state index contributed by atoms with van der Waals surface area (Å²) in [5.74, 6) is -0.159. The zero-order chi connectivity index (χ0) is 11.8. The molecule has 0 radical (unpaired) electrons. The molecule has 0 unspecified atom stereocenters. The lowest BCUT2D eigenvalue weighted by atomic mass is 10.1. The molecule has 0 aliphatic rings. The van der Waals surface area contributed by atoms with Crippen LogP contribution in [-0.2, 0) is 0 Å². The van der Waals surface area contributed by atoms with Crippen molar-refractivity contribution < 1.29 is 18.3 Å². The molecule has 2 nitrogen and oxygen atoms in total. The van der Waals surface area contributed by atoms with Gasteiger partial charge in [-0.3, -0.25) is 0 Å². The van der Waals surface area contributed by atoms with Gasteiger partial charge in [0.2, 0.25) is 0 Å². The minimum atomic E-state index is -4.50. The zero-order valence-electron chi connectivity index (χ0n) is 7.55. The van der Waals surface area contributed by atoms with Crippen LogP contribution in [0.4, 0.5) is 13.2 Å². The van der Waals surface area contributed by atoms with Gasteiger partial charge in [0.1, 0.15) is 11.8 Å². The maximum Gasteiger partial charge on any atom is 0.407 e. The van der Waals surface area contributed by atoms with E-state index in [4.69, 9.17) is 5.73 Å². The first kappa shape index (κ1) is 16.0. The Bertz CT molecular complexity index is 363. The van der Waals surface area contributed by atoms with Gasteiger partial charge >= 0.3 is 6.18 Å². The van der Waals surface area contributed by atoms with Crippen LogP contribution in [0.15, 0.2) is 21.1 Å². The second-order valence-electron chi connectivity index (χ2n) is 2.85. The Labute approximate surface area is 113 Å². The van der Waals surface area contributed by atoms with E-state index in [1.165, 1.54) is 0 Å². The summed E-state index contributed by atoms with van der Waals surface area (Å²) in [5.41, 5.74) is 4.89. The Balaban J connectivity index is 0.00000225. The van der Waals surface area contributed by atoms with Crippen molar-refractivity contribution in [2.24, 2.45) is 5.73 Å². The normalized spacial score (nSPS) is 13.1. The number of hydrogen-bond acceptors (Lipinski definition) is 2. The van der Waals surface area contributed by atoms with Gasteiger partial charge in [0, 0.05) is 0 Å². The van der Waals surface area contributed by atoms with E-state index >= 15 is 0 Å². The molecule has 0 bridgehead atoms. The quantitative estimate of drug-likeness (QED) is 0.770. The third kappa shape index (κ3) is 3.51. The van der Waals surface area contributed by atoms with Crippen LogP contribution in [0.3, 0.4) is 0 Å². The van der Waals surface area contributed by atoms with E-state index in [0.29, 0.717) is 0 Å². The second kappa shape index (κ2) is 5.57. The molecule has 1 aromatic rings. The number of hydrogen-bond donors (Lipinski definition) is 2. The van der Waals surface area contributed by atoms with Crippen LogP contribution in [0.2, 0.25) is 0 Å². The Morgan fingerprint density at radius 3 is 1.88 bits per heavy atom. The third-order valence-corrected chi connectivity index (χ3v) is 2.96. The largest absolute Gasteiger partial charge is 0.506 e. The van der Waals surface area contributed by atoms with Crippen molar-refractivity contribution in [3.8, 4) is 5.75 Å². The van der Waals surface area contributed by atoms with Crippen molar-refractivity contribution in [2.75, 3.05) is 0 Å². The van der Waals surface area contributed by atoms with Gasteiger partial charge in [0.15, 0.2) is 0 Å². The standard InChI is InChI=1S/C8H6Br2F3NO.ClH/c9-4-1-3(2-5(10)6(4)15)7(14)8(11,12)13;/h1-2,7,15H,14H2;1H/t7-;/m1./s1. The van der Waals surface area contributed by atoms with Gasteiger partial charge in [-0.1, -0.05) is 0 Å². The van der Waals surface area contributed by atoms with Crippen LogP contribution in [0.5, 0.6) is 5.75 Å². The molecule has 16 heavy (non-hydrogen) atoms. The van der Waals surface area contributed by atoms with E-state index in [0.717, 1.165) is 12.1 Å². The van der Waals surface area contributed by atoms with E-state index in [2.05, 4.69) is 31.9 Å². The Morgan fingerprint density at radius 1 is 1.19 bits per heavy atom. The molecule has 0 saturated carbocycles. The molecule has 3 N–H and O–H groups in total. The van der Waals surface area contributed by atoms with Crippen molar-refractivity contribution in [1.29, 1.82) is 0 Å². The number of aromatic hydroxyl groups is 1. The topological polar surface area (TPSA) is 46.2 Å². The lowest BCUT2D eigenvalue weighted by molar-refractivity contribution is -0.149. The Hall–Kier alpha value is 0.0200. The number of benzene rings is 1. The van der Waals surface area contributed by atoms with E-state index in [1.54, 1.807) is 0 Å². The first-order valence-corrected chi connectivity index (χ1v) is 5.32. The molecule has 0 spiro atoms. The average molecular weight is 385 g/mol. The fourth-order valence-electron chi connectivity index (χ4n) is 0.954. The van der Waals surface area contributed by atoms with Crippen LogP contribution in [-0.4, -0.2) is 11.3 Å². The zero-order valence-corrected chi connectivity index (χ0v) is 11.5. The molecule has 1 aromatic carbocycles. The highest BCUT2D eigenvalue weighted by molar-refractivity contribution is 9.11. The molecular formula is C8H7Br2ClF3NO. The van der Waals surface area contributed by atoms with Gasteiger partial charge in [-0.15, -0.1) is 12.4 Å². The van der Waals surface area contributed by atoms with Crippen LogP contribution in [0.1, 0.15) is 11.6 Å². The summed E-state index contributed by atoms with van der Waals surface area (Å²) in [6, 6.07) is 0.210. The molecular weight excluding hydrogens is 378 g/mol. The molecule has 0 aromatic heterocycles. The van der Waals surface area contributed by atoms with Crippen LogP contribution < -0.4 is 5.73 Å². The fraction of sp³-hybridized carbons (Fsp3) is 0.250. The summed E-state index contributed by atoms with van der Waals surface area (Å²) in [7, 11) is 0. The molecule has 0 fully saturated rings. The third-order valence-electron chi connectivity index (χ3n) is 1.75. The highest BCUT2D eigenvalue weighted by Crippen LogP contribution is 2.38. The van der Waals surface area contributed by atoms with Crippen LogP contribution >= 0.6 is 44.3 Å². The predicted molar refractivity (Wildman–Crippen MR) is 63.7 cm³/mol. The monoisotopic (exact) mass is 383 g/mol. The van der Waals surface area contributed by atoms with Gasteiger partial charge < -0.3 is 10.8 Å². The smallest absolute Gasteiger partial charge is 0.407 e. The second-order valence-corrected chi connectivity index (χ2v) is 4.56. The lowest BCUT2D eigenvalue weighted by Crippen LogP contribution is -2.28. The number of nitrogens with two attached hydrogens (primary N) is 1. The highest BCUT2D eigenvalue weighted by Gasteiger charge is 2.38. The molecule has 92 valence electrons. The highest BCUT2D eigenvalue weighted by atomic mass is 79.9. The fourth-order valence-corrected chi connectivity index (χ4v) is 2.18. The van der Waals surface area contributed by atoms with E-state index in [1.807, 2.05) is 0 Å². The Kier molecular flexibility index (Phi) is 5.58. The molecule has 0 heterocycles. The van der Waals surface area contributed by atoms with Gasteiger partial charge in [-0.05, 0) is 49.6 Å². The summed E-state index contributed by atoms with van der Waals surface area (Å²) in [5, 5.41) is 9.30. The number of phenols is 1. The minimum Gasteiger partial charge on any atom is -0.506 e. The average Bonchev–Trinajstić information content (AvgIpc) is 2.10. The molecule has 8 heteroatoms. The molecule has 0 aliphatic heterocycles. The minimum absolute atomic E-state index is 0. The number of halogens is 6. The van der Waals surface area contributed by atoms with E-state index in [-0.39, 0.29) is 32.7 Å². The van der Waals surface area contributed by atoms with Crippen molar-refractivity contribution >= 4 is 44.3 Å². The first-order chi connectivity index (χ1) is 6.73. The number of alkyl halides is 3. The summed E-state index contributed by atoms with van der Waals surface area (Å²) < 4.78 is 37.2. The van der Waals surface area contributed by atoms with E-state index in [9.17, 15) is 18.3 Å². The number of phenolic OH excluding ortho intramolecular Hbond substituents is 1. The molecule has 1 rings (SSSR count). The maximum atomic E-state index is 12.3. The summed E-state index contributed by atoms with van der Waals surface area (Å²) >= 11 is 5.86. The van der Waals surface area contributed by atoms with Crippen molar-refractivity contribution in [2.45, 2.75) is 12.2 Å². The molecule has 0 amide bonds. The van der Waals surface area contributed by atoms with E-state index < -0.39 is 12.2 Å². The first-order valence-electron chi connectivity index (χ1n) is 3.73. The van der Waals surface area contributed by atoms with Gasteiger partial charge in [-0.2, -0.15) is 13.2 Å². The predicted octanol–water partition coefficient (Wildman–Crippen LogP) is 3.90. The maximum absolute atomic E-state index is 12.3. The SMILES string of the molecule is Cl.N[C@H](c1cc(Br)c(O)c(Br)c1)C(F)(F)F. The summed E-state index contributed by atoms with van der Waals surface area (Å²) in [4.78, 5) is 0. The van der Waals surface area contributed by atoms with Gasteiger partial charge in [0.25, 0.3) is 0 Å². The molecule has 0 aliphatic carbocycles. The van der Waals surface area contributed by atoms with Crippen LogP contribution in [0, 0.1) is 0 Å². The van der Waals surface area contributed by atoms with Crippen molar-refractivity contribution in [1.82, 2.24) is 0 Å². The van der Waals surface area contributed by atoms with Gasteiger partial charge in [0.05, 0.1) is 8.95 Å². The molecule has 0 saturated heterocycles. The van der Waals surface area contributed by atoms with Crippen LogP contribution in [0.25, 0.3) is 0 Å². The van der Waals surface area contributed by atoms with Crippen molar-refractivity contribution in [3.63, 3.8) is 0 Å². The molecule has 1 atom stereocenters. The summed E-state index contributed by atoms with van der Waals surface area (Å²) in [6.07, 6.45) is -4.50. The lowest BCUT2D eigenvalue weighted by Gasteiger charge is -2.16. The number of rotatable bonds is 1.